The molecule has 2 N–H and O–H groups in total. The van der Waals surface area contributed by atoms with Gasteiger partial charge >= 0.3 is 6.09 Å². The average molecular weight is 186 g/mol. The highest BCUT2D eigenvalue weighted by atomic mass is 16.5. The van der Waals surface area contributed by atoms with E-state index in [9.17, 15) is 4.79 Å². The Morgan fingerprint density at radius 1 is 1.77 bits per heavy atom. The topological polar surface area (TPSA) is 50.4 Å². The van der Waals surface area contributed by atoms with Crippen LogP contribution in [0.2, 0.25) is 0 Å². The minimum Gasteiger partial charge on any atom is -0.453 e. The van der Waals surface area contributed by atoms with Gasteiger partial charge in [-0.05, 0) is 32.7 Å². The molecule has 0 saturated carbocycles. The molecule has 13 heavy (non-hydrogen) atoms. The quantitative estimate of drug-likeness (QED) is 0.685. The van der Waals surface area contributed by atoms with Crippen LogP contribution in [0.4, 0.5) is 4.79 Å². The molecule has 1 heterocycles. The van der Waals surface area contributed by atoms with E-state index in [1.807, 2.05) is 6.92 Å². The van der Waals surface area contributed by atoms with Crippen LogP contribution in [0.3, 0.4) is 0 Å². The van der Waals surface area contributed by atoms with E-state index < -0.39 is 0 Å². The summed E-state index contributed by atoms with van der Waals surface area (Å²) in [5.41, 5.74) is 0. The maximum absolute atomic E-state index is 10.8. The summed E-state index contributed by atoms with van der Waals surface area (Å²) in [5.74, 6) is 0. The highest BCUT2D eigenvalue weighted by Crippen LogP contribution is 2.10. The van der Waals surface area contributed by atoms with Crippen LogP contribution in [0.25, 0.3) is 0 Å². The minimum atomic E-state index is -0.339. The molecule has 1 aliphatic heterocycles. The summed E-state index contributed by atoms with van der Waals surface area (Å²) in [4.78, 5) is 10.8. The molecule has 4 nitrogen and oxygen atoms in total. The molecule has 1 rings (SSSR count). The molecule has 0 bridgehead atoms. The van der Waals surface area contributed by atoms with Crippen LogP contribution in [0.15, 0.2) is 0 Å². The third-order valence-electron chi connectivity index (χ3n) is 2.42. The lowest BCUT2D eigenvalue weighted by Gasteiger charge is -2.28. The number of amides is 1. The van der Waals surface area contributed by atoms with Crippen LogP contribution in [0.1, 0.15) is 26.2 Å². The van der Waals surface area contributed by atoms with Gasteiger partial charge in [0.1, 0.15) is 0 Å². The Morgan fingerprint density at radius 2 is 2.46 bits per heavy atom. The number of carbonyl (C=O) groups excluding carboxylic acids is 1. The fourth-order valence-electron chi connectivity index (χ4n) is 1.38. The Bertz CT molecular complexity index is 169. The van der Waals surface area contributed by atoms with E-state index >= 15 is 0 Å². The number of ether oxygens (including phenoxy) is 1. The van der Waals surface area contributed by atoms with Gasteiger partial charge < -0.3 is 15.4 Å². The molecule has 0 radical (unpaired) electrons. The summed E-state index contributed by atoms with van der Waals surface area (Å²) in [6, 6.07) is 0.872. The summed E-state index contributed by atoms with van der Waals surface area (Å²) < 4.78 is 4.50. The van der Waals surface area contributed by atoms with Crippen LogP contribution in [0.5, 0.6) is 0 Å². The normalized spacial score (nSPS) is 23.1. The van der Waals surface area contributed by atoms with Gasteiger partial charge in [0, 0.05) is 12.1 Å². The first-order valence-corrected chi connectivity index (χ1v) is 4.80. The molecule has 1 fully saturated rings. The van der Waals surface area contributed by atoms with Gasteiger partial charge in [0.15, 0.2) is 0 Å². The van der Waals surface area contributed by atoms with Gasteiger partial charge in [0.25, 0.3) is 0 Å². The molecule has 0 aromatic carbocycles. The Kier molecular flexibility index (Phi) is 4.02. The zero-order valence-electron chi connectivity index (χ0n) is 8.30. The fraction of sp³-hybridized carbons (Fsp3) is 0.889. The Hall–Kier alpha value is -0.770. The van der Waals surface area contributed by atoms with Crippen LogP contribution in [-0.4, -0.2) is 31.8 Å². The first kappa shape index (κ1) is 10.3. The lowest BCUT2D eigenvalue weighted by atomic mass is 9.99. The molecule has 76 valence electrons. The molecule has 0 spiro atoms. The number of alkyl carbamates (subject to hydrolysis) is 1. The number of methoxy groups -OCH3 is 1. The van der Waals surface area contributed by atoms with E-state index in [1.165, 1.54) is 13.5 Å². The van der Waals surface area contributed by atoms with Crippen LogP contribution < -0.4 is 10.6 Å². The van der Waals surface area contributed by atoms with Gasteiger partial charge in [-0.25, -0.2) is 4.79 Å². The summed E-state index contributed by atoms with van der Waals surface area (Å²) in [5, 5.41) is 6.07. The second kappa shape index (κ2) is 5.07. The average Bonchev–Trinajstić information content (AvgIpc) is 2.01. The molecule has 0 aliphatic carbocycles. The molecule has 1 saturated heterocycles. The van der Waals surface area contributed by atoms with Gasteiger partial charge in [-0.2, -0.15) is 0 Å². The van der Waals surface area contributed by atoms with E-state index in [1.54, 1.807) is 0 Å². The van der Waals surface area contributed by atoms with E-state index in [-0.39, 0.29) is 12.1 Å². The van der Waals surface area contributed by atoms with Gasteiger partial charge in [-0.15, -0.1) is 0 Å². The monoisotopic (exact) mass is 186 g/mol. The van der Waals surface area contributed by atoms with Crippen molar-refractivity contribution >= 4 is 6.09 Å². The van der Waals surface area contributed by atoms with Gasteiger partial charge in [-0.3, -0.25) is 0 Å². The molecule has 2 unspecified atom stereocenters. The molecule has 0 aromatic heterocycles. The number of hydrogen-bond acceptors (Lipinski definition) is 3. The largest absolute Gasteiger partial charge is 0.453 e. The molecule has 2 atom stereocenters. The molecular formula is C9H18N2O2. The number of nitrogens with one attached hydrogen (secondary N) is 2. The molecular weight excluding hydrogens is 168 g/mol. The Labute approximate surface area is 79.0 Å². The summed E-state index contributed by atoms with van der Waals surface area (Å²) in [7, 11) is 1.38. The van der Waals surface area contributed by atoms with E-state index in [4.69, 9.17) is 0 Å². The van der Waals surface area contributed by atoms with Crippen molar-refractivity contribution in [2.75, 3.05) is 13.7 Å². The molecule has 1 aliphatic rings. The lowest BCUT2D eigenvalue weighted by Crippen LogP contribution is -2.44. The minimum absolute atomic E-state index is 0.204. The Balaban J connectivity index is 2.02. The van der Waals surface area contributed by atoms with Crippen LogP contribution in [0, 0.1) is 0 Å². The first-order chi connectivity index (χ1) is 6.22. The first-order valence-electron chi connectivity index (χ1n) is 4.80. The predicted octanol–water partition coefficient (Wildman–Crippen LogP) is 0.873. The number of carbonyl (C=O) groups is 1. The van der Waals surface area contributed by atoms with Gasteiger partial charge in [-0.1, -0.05) is 0 Å². The Morgan fingerprint density at radius 3 is 2.92 bits per heavy atom. The van der Waals surface area contributed by atoms with Crippen molar-refractivity contribution in [1.29, 1.82) is 0 Å². The number of hydrogen-bond donors (Lipinski definition) is 2. The highest BCUT2D eigenvalue weighted by molar-refractivity contribution is 5.67. The summed E-state index contributed by atoms with van der Waals surface area (Å²) in [6.07, 6.45) is 3.07. The molecule has 0 aromatic rings. The van der Waals surface area contributed by atoms with Crippen molar-refractivity contribution in [3.8, 4) is 0 Å². The fourth-order valence-corrected chi connectivity index (χ4v) is 1.38. The van der Waals surface area contributed by atoms with E-state index in [0.717, 1.165) is 19.4 Å². The summed E-state index contributed by atoms with van der Waals surface area (Å²) in [6.45, 7) is 3.14. The SMILES string of the molecule is COC(=O)NC(C)CCC1CCN1. The zero-order chi connectivity index (χ0) is 9.68. The maximum Gasteiger partial charge on any atom is 0.407 e. The number of rotatable bonds is 4. The predicted molar refractivity (Wildman–Crippen MR) is 50.6 cm³/mol. The second-order valence-corrected chi connectivity index (χ2v) is 3.55. The van der Waals surface area contributed by atoms with Gasteiger partial charge in [0.05, 0.1) is 7.11 Å². The van der Waals surface area contributed by atoms with Crippen molar-refractivity contribution in [1.82, 2.24) is 10.6 Å². The van der Waals surface area contributed by atoms with Crippen molar-refractivity contribution in [3.05, 3.63) is 0 Å². The van der Waals surface area contributed by atoms with Crippen molar-refractivity contribution < 1.29 is 9.53 Å². The van der Waals surface area contributed by atoms with Crippen molar-refractivity contribution in [3.63, 3.8) is 0 Å². The second-order valence-electron chi connectivity index (χ2n) is 3.55. The third-order valence-corrected chi connectivity index (χ3v) is 2.42. The van der Waals surface area contributed by atoms with E-state index in [0.29, 0.717) is 6.04 Å². The molecule has 4 heteroatoms. The maximum atomic E-state index is 10.8. The molecule has 1 amide bonds. The standard InChI is InChI=1S/C9H18N2O2/c1-7(11-9(12)13-2)3-4-8-5-6-10-8/h7-8,10H,3-6H2,1-2H3,(H,11,12). The van der Waals surface area contributed by atoms with Crippen LogP contribution in [-0.2, 0) is 4.74 Å². The van der Waals surface area contributed by atoms with Gasteiger partial charge in [0.2, 0.25) is 0 Å². The smallest absolute Gasteiger partial charge is 0.407 e. The van der Waals surface area contributed by atoms with E-state index in [2.05, 4.69) is 15.4 Å². The zero-order valence-corrected chi connectivity index (χ0v) is 8.30. The lowest BCUT2D eigenvalue weighted by molar-refractivity contribution is 0.166. The third kappa shape index (κ3) is 3.63. The van der Waals surface area contributed by atoms with Crippen molar-refractivity contribution in [2.45, 2.75) is 38.3 Å². The van der Waals surface area contributed by atoms with Crippen molar-refractivity contribution in [2.24, 2.45) is 0 Å². The summed E-state index contributed by atoms with van der Waals surface area (Å²) >= 11 is 0. The van der Waals surface area contributed by atoms with Crippen LogP contribution >= 0.6 is 0 Å². The highest BCUT2D eigenvalue weighted by Gasteiger charge is 2.17.